The molecule has 0 aliphatic heterocycles. The van der Waals surface area contributed by atoms with Gasteiger partial charge in [0.15, 0.2) is 0 Å². The average Bonchev–Trinajstić information content (AvgIpc) is 2.46. The van der Waals surface area contributed by atoms with Crippen molar-refractivity contribution in [1.29, 1.82) is 0 Å². The highest BCUT2D eigenvalue weighted by molar-refractivity contribution is 14.1. The number of carbonyl (C=O) groups excluding carboxylic acids is 1. The first-order chi connectivity index (χ1) is 10.3. The molecule has 2 aromatic carbocycles. The molecular weight excluding hydrogens is 424 g/mol. The number of methoxy groups -OCH3 is 1. The lowest BCUT2D eigenvalue weighted by molar-refractivity contribution is 0.0596. The van der Waals surface area contributed by atoms with Crippen LogP contribution in [-0.4, -0.2) is 21.5 Å². The third kappa shape index (κ3) is 3.74. The van der Waals surface area contributed by atoms with Gasteiger partial charge in [0.1, 0.15) is 10.7 Å². The fourth-order valence-electron chi connectivity index (χ4n) is 1.76. The molecule has 0 saturated carbocycles. The second-order valence-electron chi connectivity index (χ2n) is 4.25. The summed E-state index contributed by atoms with van der Waals surface area (Å²) in [4.78, 5) is 11.2. The van der Waals surface area contributed by atoms with E-state index in [1.165, 1.54) is 0 Å². The molecule has 0 fully saturated rings. The van der Waals surface area contributed by atoms with Crippen LogP contribution < -0.4 is 4.72 Å². The molecule has 0 heterocycles. The van der Waals surface area contributed by atoms with Gasteiger partial charge in [-0.1, -0.05) is 6.07 Å². The Kier molecular flexibility index (Phi) is 5.01. The van der Waals surface area contributed by atoms with E-state index in [2.05, 4.69) is 9.46 Å². The van der Waals surface area contributed by atoms with Gasteiger partial charge in [0, 0.05) is 9.26 Å². The number of esters is 1. The molecular formula is C14H11FINO4S. The van der Waals surface area contributed by atoms with Gasteiger partial charge in [-0.2, -0.15) is 0 Å². The van der Waals surface area contributed by atoms with E-state index < -0.39 is 26.7 Å². The zero-order valence-electron chi connectivity index (χ0n) is 11.3. The first-order valence-electron chi connectivity index (χ1n) is 6.00. The van der Waals surface area contributed by atoms with E-state index in [0.717, 1.165) is 28.9 Å². The maximum absolute atomic E-state index is 13.4. The van der Waals surface area contributed by atoms with Gasteiger partial charge in [0.25, 0.3) is 10.0 Å². The first kappa shape index (κ1) is 16.7. The van der Waals surface area contributed by atoms with E-state index in [4.69, 9.17) is 0 Å². The predicted octanol–water partition coefficient (Wildman–Crippen LogP) is 3.02. The molecule has 0 amide bonds. The molecule has 0 bridgehead atoms. The van der Waals surface area contributed by atoms with Gasteiger partial charge in [0.2, 0.25) is 0 Å². The number of rotatable bonds is 4. The van der Waals surface area contributed by atoms with Crippen molar-refractivity contribution in [2.24, 2.45) is 0 Å². The quantitative estimate of drug-likeness (QED) is 0.592. The normalized spacial score (nSPS) is 11.0. The molecule has 0 saturated heterocycles. The summed E-state index contributed by atoms with van der Waals surface area (Å²) in [5.41, 5.74) is 0.0778. The molecule has 0 atom stereocenters. The lowest BCUT2D eigenvalue weighted by Gasteiger charge is -2.11. The number of hydrogen-bond acceptors (Lipinski definition) is 4. The highest BCUT2D eigenvalue weighted by atomic mass is 127. The molecule has 2 rings (SSSR count). The molecule has 0 aliphatic carbocycles. The Hall–Kier alpha value is -1.68. The Balaban J connectivity index is 2.49. The summed E-state index contributed by atoms with van der Waals surface area (Å²) in [6.45, 7) is 0. The Morgan fingerprint density at radius 3 is 2.59 bits per heavy atom. The Labute approximate surface area is 140 Å². The molecule has 22 heavy (non-hydrogen) atoms. The van der Waals surface area contributed by atoms with Crippen LogP contribution in [-0.2, 0) is 14.8 Å². The Bertz CT molecular complexity index is 823. The standard InChI is InChI=1S/C14H11FINO4S/c1-21-14(18)12-6-5-9(15)7-13(12)22(19,20)17-11-4-2-3-10(16)8-11/h2-8,17H,1H3. The molecule has 8 heteroatoms. The highest BCUT2D eigenvalue weighted by Crippen LogP contribution is 2.22. The number of anilines is 1. The first-order valence-corrected chi connectivity index (χ1v) is 8.56. The molecule has 5 nitrogen and oxygen atoms in total. The van der Waals surface area contributed by atoms with Crippen LogP contribution in [0.4, 0.5) is 10.1 Å². The predicted molar refractivity (Wildman–Crippen MR) is 87.7 cm³/mol. The molecule has 1 N–H and O–H groups in total. The second kappa shape index (κ2) is 6.61. The van der Waals surface area contributed by atoms with Crippen LogP contribution in [0, 0.1) is 9.39 Å². The molecule has 0 radical (unpaired) electrons. The van der Waals surface area contributed by atoms with Crippen molar-refractivity contribution >= 4 is 44.3 Å². The maximum Gasteiger partial charge on any atom is 0.339 e. The molecule has 0 spiro atoms. The third-order valence-corrected chi connectivity index (χ3v) is 4.81. The van der Waals surface area contributed by atoms with Gasteiger partial charge in [-0.15, -0.1) is 0 Å². The van der Waals surface area contributed by atoms with Crippen LogP contribution >= 0.6 is 22.6 Å². The SMILES string of the molecule is COC(=O)c1ccc(F)cc1S(=O)(=O)Nc1cccc(I)c1. The van der Waals surface area contributed by atoms with Gasteiger partial charge in [-0.25, -0.2) is 17.6 Å². The minimum Gasteiger partial charge on any atom is -0.465 e. The van der Waals surface area contributed by atoms with Crippen LogP contribution in [0.2, 0.25) is 0 Å². The summed E-state index contributed by atoms with van der Waals surface area (Å²) in [7, 11) is -3.01. The van der Waals surface area contributed by atoms with E-state index in [1.54, 1.807) is 24.3 Å². The van der Waals surface area contributed by atoms with Crippen molar-refractivity contribution in [3.05, 3.63) is 57.4 Å². The number of hydrogen-bond donors (Lipinski definition) is 1. The number of benzene rings is 2. The van der Waals surface area contributed by atoms with Crippen molar-refractivity contribution in [2.75, 3.05) is 11.8 Å². The fourth-order valence-corrected chi connectivity index (χ4v) is 3.56. The Morgan fingerprint density at radius 1 is 1.23 bits per heavy atom. The summed E-state index contributed by atoms with van der Waals surface area (Å²) in [6, 6.07) is 9.47. The molecule has 0 aliphatic rings. The summed E-state index contributed by atoms with van der Waals surface area (Å²) < 4.78 is 45.9. The number of nitrogens with one attached hydrogen (secondary N) is 1. The minimum atomic E-state index is -4.13. The highest BCUT2D eigenvalue weighted by Gasteiger charge is 2.24. The van der Waals surface area contributed by atoms with E-state index in [9.17, 15) is 17.6 Å². The van der Waals surface area contributed by atoms with Gasteiger partial charge in [0.05, 0.1) is 12.7 Å². The topological polar surface area (TPSA) is 72.5 Å². The average molecular weight is 435 g/mol. The van der Waals surface area contributed by atoms with Crippen LogP contribution in [0.5, 0.6) is 0 Å². The van der Waals surface area contributed by atoms with Crippen LogP contribution in [0.3, 0.4) is 0 Å². The monoisotopic (exact) mass is 435 g/mol. The van der Waals surface area contributed by atoms with E-state index in [1.807, 2.05) is 22.6 Å². The van der Waals surface area contributed by atoms with E-state index >= 15 is 0 Å². The summed E-state index contributed by atoms with van der Waals surface area (Å²) in [6.07, 6.45) is 0. The minimum absolute atomic E-state index is 0.234. The lowest BCUT2D eigenvalue weighted by atomic mass is 10.2. The molecule has 116 valence electrons. The Morgan fingerprint density at radius 2 is 1.95 bits per heavy atom. The van der Waals surface area contributed by atoms with Gasteiger partial charge in [-0.3, -0.25) is 4.72 Å². The van der Waals surface area contributed by atoms with Crippen LogP contribution in [0.1, 0.15) is 10.4 Å². The largest absolute Gasteiger partial charge is 0.465 e. The fraction of sp³-hybridized carbons (Fsp3) is 0.0714. The summed E-state index contributed by atoms with van der Waals surface area (Å²) in [5, 5.41) is 0. The van der Waals surface area contributed by atoms with E-state index in [-0.39, 0.29) is 5.56 Å². The lowest BCUT2D eigenvalue weighted by Crippen LogP contribution is -2.18. The van der Waals surface area contributed by atoms with Crippen molar-refractivity contribution in [3.8, 4) is 0 Å². The summed E-state index contributed by atoms with van der Waals surface area (Å²) >= 11 is 2.03. The second-order valence-corrected chi connectivity index (χ2v) is 7.14. The smallest absolute Gasteiger partial charge is 0.339 e. The summed E-state index contributed by atoms with van der Waals surface area (Å²) in [5.74, 6) is -1.63. The number of ether oxygens (including phenoxy) is 1. The zero-order chi connectivity index (χ0) is 16.3. The number of sulfonamides is 1. The van der Waals surface area contributed by atoms with Crippen LogP contribution in [0.25, 0.3) is 0 Å². The van der Waals surface area contributed by atoms with Crippen molar-refractivity contribution in [2.45, 2.75) is 4.90 Å². The number of carbonyl (C=O) groups is 1. The molecule has 0 unspecified atom stereocenters. The van der Waals surface area contributed by atoms with Gasteiger partial charge >= 0.3 is 5.97 Å². The maximum atomic E-state index is 13.4. The van der Waals surface area contributed by atoms with Crippen molar-refractivity contribution < 1.29 is 22.3 Å². The zero-order valence-corrected chi connectivity index (χ0v) is 14.3. The third-order valence-electron chi connectivity index (χ3n) is 2.72. The van der Waals surface area contributed by atoms with Gasteiger partial charge in [-0.05, 0) is 59.0 Å². The number of halogens is 2. The molecule has 0 aromatic heterocycles. The van der Waals surface area contributed by atoms with Crippen molar-refractivity contribution in [3.63, 3.8) is 0 Å². The van der Waals surface area contributed by atoms with E-state index in [0.29, 0.717) is 5.69 Å². The van der Waals surface area contributed by atoms with Crippen LogP contribution in [0.15, 0.2) is 47.4 Å². The van der Waals surface area contributed by atoms with Gasteiger partial charge < -0.3 is 4.74 Å². The molecule has 2 aromatic rings. The van der Waals surface area contributed by atoms with Crippen molar-refractivity contribution in [1.82, 2.24) is 0 Å².